The van der Waals surface area contributed by atoms with Crippen LogP contribution in [0, 0.1) is 17.3 Å². The van der Waals surface area contributed by atoms with Gasteiger partial charge in [0.15, 0.2) is 0 Å². The maximum atomic E-state index is 11.3. The molecule has 4 aliphatic rings. The Morgan fingerprint density at radius 2 is 1.88 bits per heavy atom. The van der Waals surface area contributed by atoms with Gasteiger partial charge in [0.25, 0.3) is 0 Å². The van der Waals surface area contributed by atoms with Gasteiger partial charge in [-0.05, 0) is 50.4 Å². The molecule has 0 heterocycles. The second-order valence-corrected chi connectivity index (χ2v) is 7.66. The predicted octanol–water partition coefficient (Wildman–Crippen LogP) is 2.24. The first-order valence-corrected chi connectivity index (χ1v) is 8.69. The minimum absolute atomic E-state index is 0.470. The van der Waals surface area contributed by atoms with Crippen molar-refractivity contribution in [1.29, 1.82) is 0 Å². The average Bonchev–Trinajstić information content (AvgIpc) is 2.45. The summed E-state index contributed by atoms with van der Waals surface area (Å²) in [7, 11) is 0. The lowest BCUT2D eigenvalue weighted by molar-refractivity contribution is -0.191. The topological polar surface area (TPSA) is 104 Å². The number of carbonyl (C=O) groups is 2. The van der Waals surface area contributed by atoms with Gasteiger partial charge in [-0.2, -0.15) is 0 Å². The van der Waals surface area contributed by atoms with E-state index in [0.717, 1.165) is 44.6 Å². The molecule has 6 heteroatoms. The van der Waals surface area contributed by atoms with Gasteiger partial charge in [-0.25, -0.2) is 4.79 Å². The molecule has 136 valence electrons. The van der Waals surface area contributed by atoms with Crippen LogP contribution in [0.1, 0.15) is 58.3 Å². The van der Waals surface area contributed by atoms with Crippen molar-refractivity contribution < 1.29 is 29.6 Å². The SMILES string of the molecule is C=CC(=O)OC(O)CCC.O=C(O)C12CC3CC(CC(O)(C3)C1)C2. The number of hydrogen-bond acceptors (Lipinski definition) is 5. The Kier molecular flexibility index (Phi) is 5.71. The van der Waals surface area contributed by atoms with Gasteiger partial charge in [0.05, 0.1) is 11.0 Å². The van der Waals surface area contributed by atoms with Crippen molar-refractivity contribution in [3.05, 3.63) is 12.7 Å². The summed E-state index contributed by atoms with van der Waals surface area (Å²) < 4.78 is 4.44. The third-order valence-corrected chi connectivity index (χ3v) is 5.44. The summed E-state index contributed by atoms with van der Waals surface area (Å²) in [4.78, 5) is 21.7. The van der Waals surface area contributed by atoms with Crippen LogP contribution in [0.3, 0.4) is 0 Å². The monoisotopic (exact) mass is 340 g/mol. The van der Waals surface area contributed by atoms with Crippen molar-refractivity contribution in [1.82, 2.24) is 0 Å². The van der Waals surface area contributed by atoms with Crippen LogP contribution in [0.2, 0.25) is 0 Å². The molecule has 4 rings (SSSR count). The number of hydrogen-bond donors (Lipinski definition) is 3. The summed E-state index contributed by atoms with van der Waals surface area (Å²) >= 11 is 0. The Balaban J connectivity index is 0.000000187. The summed E-state index contributed by atoms with van der Waals surface area (Å²) in [6.45, 7) is 5.08. The van der Waals surface area contributed by atoms with Gasteiger partial charge in [-0.3, -0.25) is 4.79 Å². The molecule has 4 saturated carbocycles. The van der Waals surface area contributed by atoms with Gasteiger partial charge >= 0.3 is 11.9 Å². The zero-order valence-corrected chi connectivity index (χ0v) is 14.2. The summed E-state index contributed by atoms with van der Waals surface area (Å²) in [5.41, 5.74) is -1.21. The summed E-state index contributed by atoms with van der Waals surface area (Å²) in [5, 5.41) is 28.4. The Hall–Kier alpha value is -1.40. The van der Waals surface area contributed by atoms with E-state index in [0.29, 0.717) is 24.7 Å². The molecule has 0 spiro atoms. The summed E-state index contributed by atoms with van der Waals surface area (Å²) in [6, 6.07) is 0. The van der Waals surface area contributed by atoms with Crippen molar-refractivity contribution in [2.24, 2.45) is 17.3 Å². The lowest BCUT2D eigenvalue weighted by Gasteiger charge is -2.58. The lowest BCUT2D eigenvalue weighted by atomic mass is 9.48. The van der Waals surface area contributed by atoms with Crippen LogP contribution in [0.4, 0.5) is 0 Å². The molecular formula is C18H28O6. The number of rotatable bonds is 5. The van der Waals surface area contributed by atoms with E-state index in [2.05, 4.69) is 11.3 Å². The molecule has 0 amide bonds. The quantitative estimate of drug-likeness (QED) is 0.403. The first-order valence-electron chi connectivity index (χ1n) is 8.69. The molecule has 4 bridgehead atoms. The third-order valence-electron chi connectivity index (χ3n) is 5.44. The number of esters is 1. The molecule has 0 aromatic rings. The van der Waals surface area contributed by atoms with E-state index < -0.39 is 29.2 Å². The standard InChI is InChI=1S/C11H16O3.C7H12O3/c12-9(13)10-2-7-1-8(3-10)5-11(14,4-7)6-10;1-3-5-7(9)10-6(8)4-2/h7-8,14H,1-6H2,(H,12,13);4,7,9H,2-3,5H2,1H3. The molecule has 4 fully saturated rings. The van der Waals surface area contributed by atoms with Crippen molar-refractivity contribution in [3.63, 3.8) is 0 Å². The van der Waals surface area contributed by atoms with E-state index in [-0.39, 0.29) is 0 Å². The molecule has 0 aliphatic heterocycles. The third kappa shape index (κ3) is 4.16. The highest BCUT2D eigenvalue weighted by molar-refractivity contribution is 5.81. The smallest absolute Gasteiger partial charge is 0.332 e. The van der Waals surface area contributed by atoms with Crippen LogP contribution < -0.4 is 0 Å². The van der Waals surface area contributed by atoms with Crippen LogP contribution in [-0.4, -0.2) is 39.1 Å². The molecule has 3 atom stereocenters. The summed E-state index contributed by atoms with van der Waals surface area (Å²) in [6.07, 6.45) is 6.26. The van der Waals surface area contributed by atoms with Gasteiger partial charge in [0.1, 0.15) is 0 Å². The second kappa shape index (κ2) is 7.23. The van der Waals surface area contributed by atoms with E-state index >= 15 is 0 Å². The molecule has 0 aromatic carbocycles. The molecular weight excluding hydrogens is 312 g/mol. The number of aliphatic carboxylic acids is 1. The van der Waals surface area contributed by atoms with E-state index in [9.17, 15) is 19.8 Å². The zero-order valence-electron chi connectivity index (χ0n) is 14.2. The predicted molar refractivity (Wildman–Crippen MR) is 86.9 cm³/mol. The maximum Gasteiger partial charge on any atom is 0.332 e. The fourth-order valence-corrected chi connectivity index (χ4v) is 4.95. The fraction of sp³-hybridized carbons (Fsp3) is 0.778. The Morgan fingerprint density at radius 1 is 1.29 bits per heavy atom. The van der Waals surface area contributed by atoms with Crippen LogP contribution in [-0.2, 0) is 14.3 Å². The van der Waals surface area contributed by atoms with E-state index in [1.165, 1.54) is 0 Å². The van der Waals surface area contributed by atoms with Crippen LogP contribution in [0.25, 0.3) is 0 Å². The van der Waals surface area contributed by atoms with Crippen LogP contribution in [0.5, 0.6) is 0 Å². The van der Waals surface area contributed by atoms with E-state index in [1.807, 2.05) is 6.92 Å². The first kappa shape index (κ1) is 18.9. The summed E-state index contributed by atoms with van der Waals surface area (Å²) in [5.74, 6) is -0.319. The number of ether oxygens (including phenoxy) is 1. The lowest BCUT2D eigenvalue weighted by Crippen LogP contribution is -2.58. The number of carboxylic acids is 1. The minimum Gasteiger partial charge on any atom is -0.481 e. The van der Waals surface area contributed by atoms with Crippen molar-refractivity contribution in [3.8, 4) is 0 Å². The van der Waals surface area contributed by atoms with Crippen molar-refractivity contribution >= 4 is 11.9 Å². The number of aliphatic hydroxyl groups is 2. The number of aliphatic hydroxyl groups excluding tert-OH is 1. The fourth-order valence-electron chi connectivity index (χ4n) is 4.95. The number of carbonyl (C=O) groups excluding carboxylic acids is 1. The highest BCUT2D eigenvalue weighted by Crippen LogP contribution is 2.61. The van der Waals surface area contributed by atoms with Gasteiger partial charge < -0.3 is 20.1 Å². The molecule has 0 radical (unpaired) electrons. The largest absolute Gasteiger partial charge is 0.481 e. The highest BCUT2D eigenvalue weighted by Gasteiger charge is 2.60. The maximum absolute atomic E-state index is 11.3. The molecule has 6 nitrogen and oxygen atoms in total. The molecule has 0 aromatic heterocycles. The Bertz CT molecular complexity index is 486. The highest BCUT2D eigenvalue weighted by atomic mass is 16.6. The number of carboxylic acid groups (broad SMARTS) is 1. The molecule has 0 saturated heterocycles. The Labute approximate surface area is 142 Å². The first-order chi connectivity index (χ1) is 11.2. The molecule has 3 unspecified atom stereocenters. The van der Waals surface area contributed by atoms with Crippen LogP contribution >= 0.6 is 0 Å². The van der Waals surface area contributed by atoms with Crippen molar-refractivity contribution in [2.75, 3.05) is 0 Å². The average molecular weight is 340 g/mol. The van der Waals surface area contributed by atoms with Crippen molar-refractivity contribution in [2.45, 2.75) is 70.2 Å². The Morgan fingerprint density at radius 3 is 2.29 bits per heavy atom. The van der Waals surface area contributed by atoms with Gasteiger partial charge in [-0.1, -0.05) is 19.9 Å². The van der Waals surface area contributed by atoms with Crippen LogP contribution in [0.15, 0.2) is 12.7 Å². The van der Waals surface area contributed by atoms with Gasteiger partial charge in [-0.15, -0.1) is 0 Å². The van der Waals surface area contributed by atoms with E-state index in [4.69, 9.17) is 5.11 Å². The second-order valence-electron chi connectivity index (χ2n) is 7.66. The van der Waals surface area contributed by atoms with E-state index in [1.54, 1.807) is 0 Å². The molecule has 3 N–H and O–H groups in total. The van der Waals surface area contributed by atoms with Gasteiger partial charge in [0.2, 0.25) is 6.29 Å². The molecule has 4 aliphatic carbocycles. The molecule has 24 heavy (non-hydrogen) atoms. The van der Waals surface area contributed by atoms with Gasteiger partial charge in [0, 0.05) is 12.5 Å². The minimum atomic E-state index is -0.976. The zero-order chi connectivity index (χ0) is 18.0. The normalized spacial score (nSPS) is 37.1.